The third kappa shape index (κ3) is 4.19. The fraction of sp³-hybridized carbons (Fsp3) is 0.474. The molecular formula is C19H24N4O2. The Labute approximate surface area is 148 Å². The van der Waals surface area contributed by atoms with Crippen molar-refractivity contribution < 1.29 is 9.15 Å². The Morgan fingerprint density at radius 2 is 2.00 bits per heavy atom. The van der Waals surface area contributed by atoms with Crippen molar-refractivity contribution in [1.82, 2.24) is 9.88 Å². The number of aryl methyl sites for hydroxylation is 2. The van der Waals surface area contributed by atoms with Crippen LogP contribution in [0.4, 0.5) is 5.88 Å². The van der Waals surface area contributed by atoms with Crippen LogP contribution in [-0.2, 0) is 11.2 Å². The van der Waals surface area contributed by atoms with Gasteiger partial charge in [0.15, 0.2) is 5.89 Å². The molecule has 25 heavy (non-hydrogen) atoms. The molecule has 0 saturated carbocycles. The molecular weight excluding hydrogens is 316 g/mol. The van der Waals surface area contributed by atoms with Crippen LogP contribution in [0.25, 0.3) is 0 Å². The van der Waals surface area contributed by atoms with Gasteiger partial charge in [0.05, 0.1) is 19.3 Å². The molecule has 1 aliphatic rings. The summed E-state index contributed by atoms with van der Waals surface area (Å²) in [5.74, 6) is 1.04. The molecule has 0 spiro atoms. The Morgan fingerprint density at radius 3 is 2.64 bits per heavy atom. The predicted octanol–water partition coefficient (Wildman–Crippen LogP) is 2.90. The van der Waals surface area contributed by atoms with Gasteiger partial charge in [-0.15, -0.1) is 0 Å². The van der Waals surface area contributed by atoms with Crippen molar-refractivity contribution in [2.45, 2.75) is 26.3 Å². The first-order chi connectivity index (χ1) is 12.2. The van der Waals surface area contributed by atoms with Crippen molar-refractivity contribution in [3.8, 4) is 6.07 Å². The van der Waals surface area contributed by atoms with Crippen molar-refractivity contribution in [2.75, 3.05) is 38.2 Å². The van der Waals surface area contributed by atoms with Gasteiger partial charge in [-0.25, -0.2) is 4.98 Å². The summed E-state index contributed by atoms with van der Waals surface area (Å²) in [6, 6.07) is 10.9. The van der Waals surface area contributed by atoms with Crippen LogP contribution in [0.2, 0.25) is 0 Å². The third-order valence-corrected chi connectivity index (χ3v) is 4.48. The highest BCUT2D eigenvalue weighted by molar-refractivity contribution is 5.45. The lowest BCUT2D eigenvalue weighted by Gasteiger charge is -2.35. The molecule has 0 aliphatic carbocycles. The number of rotatable bonds is 6. The summed E-state index contributed by atoms with van der Waals surface area (Å²) in [6.45, 7) is 7.97. The normalized spacial score (nSPS) is 16.4. The lowest BCUT2D eigenvalue weighted by Crippen LogP contribution is -2.41. The highest BCUT2D eigenvalue weighted by atomic mass is 16.5. The fourth-order valence-electron chi connectivity index (χ4n) is 3.04. The number of morpholine rings is 1. The van der Waals surface area contributed by atoms with E-state index in [-0.39, 0.29) is 6.04 Å². The first-order valence-electron chi connectivity index (χ1n) is 8.73. The Balaban J connectivity index is 1.79. The van der Waals surface area contributed by atoms with Crippen LogP contribution in [0, 0.1) is 18.3 Å². The van der Waals surface area contributed by atoms with Crippen molar-refractivity contribution in [3.05, 3.63) is 47.0 Å². The summed E-state index contributed by atoms with van der Waals surface area (Å²) in [6.07, 6.45) is 0.668. The highest BCUT2D eigenvalue weighted by Gasteiger charge is 2.23. The molecule has 1 aromatic carbocycles. The quantitative estimate of drug-likeness (QED) is 0.871. The van der Waals surface area contributed by atoms with E-state index in [1.54, 1.807) is 0 Å². The topological polar surface area (TPSA) is 74.3 Å². The zero-order valence-corrected chi connectivity index (χ0v) is 14.8. The summed E-state index contributed by atoms with van der Waals surface area (Å²) >= 11 is 0. The summed E-state index contributed by atoms with van der Waals surface area (Å²) in [5, 5.41) is 12.5. The van der Waals surface area contributed by atoms with Gasteiger partial charge in [0.2, 0.25) is 11.6 Å². The molecule has 1 N–H and O–H groups in total. The molecule has 132 valence electrons. The number of hydrogen-bond donors (Lipinski definition) is 1. The van der Waals surface area contributed by atoms with Crippen molar-refractivity contribution in [2.24, 2.45) is 0 Å². The Kier molecular flexibility index (Phi) is 5.69. The van der Waals surface area contributed by atoms with E-state index in [0.29, 0.717) is 30.4 Å². The Morgan fingerprint density at radius 1 is 1.28 bits per heavy atom. The van der Waals surface area contributed by atoms with Gasteiger partial charge in [0, 0.05) is 26.1 Å². The molecule has 0 amide bonds. The number of ether oxygens (including phenoxy) is 1. The summed E-state index contributed by atoms with van der Waals surface area (Å²) in [5.41, 5.74) is 2.81. The Hall–Kier alpha value is -2.36. The van der Waals surface area contributed by atoms with Crippen LogP contribution >= 0.6 is 0 Å². The maximum atomic E-state index is 9.25. The molecule has 1 aliphatic heterocycles. The zero-order chi connectivity index (χ0) is 17.6. The second-order valence-corrected chi connectivity index (χ2v) is 6.21. The average Bonchev–Trinajstić information content (AvgIpc) is 3.06. The number of anilines is 1. The number of aromatic nitrogens is 1. The third-order valence-electron chi connectivity index (χ3n) is 4.48. The minimum absolute atomic E-state index is 0.186. The molecule has 1 aromatic heterocycles. The molecule has 2 aromatic rings. The SMILES string of the molecule is CCc1nc(C#N)c(NC[C@H](c2ccc(C)cc2)N2CCOCC2)o1. The van der Waals surface area contributed by atoms with Crippen LogP contribution in [0.3, 0.4) is 0 Å². The largest absolute Gasteiger partial charge is 0.424 e. The molecule has 0 radical (unpaired) electrons. The van der Waals surface area contributed by atoms with Gasteiger partial charge in [-0.3, -0.25) is 4.90 Å². The molecule has 6 nitrogen and oxygen atoms in total. The maximum Gasteiger partial charge on any atom is 0.232 e. The predicted molar refractivity (Wildman–Crippen MR) is 95.4 cm³/mol. The molecule has 0 bridgehead atoms. The second-order valence-electron chi connectivity index (χ2n) is 6.21. The zero-order valence-electron chi connectivity index (χ0n) is 14.8. The molecule has 6 heteroatoms. The van der Waals surface area contributed by atoms with Crippen molar-refractivity contribution in [3.63, 3.8) is 0 Å². The van der Waals surface area contributed by atoms with Crippen LogP contribution in [0.5, 0.6) is 0 Å². The second kappa shape index (κ2) is 8.15. The summed E-state index contributed by atoms with van der Waals surface area (Å²) in [7, 11) is 0. The summed E-state index contributed by atoms with van der Waals surface area (Å²) in [4.78, 5) is 6.61. The van der Waals surface area contributed by atoms with Gasteiger partial charge < -0.3 is 14.5 Å². The van der Waals surface area contributed by atoms with E-state index in [2.05, 4.69) is 52.5 Å². The highest BCUT2D eigenvalue weighted by Crippen LogP contribution is 2.25. The molecule has 3 rings (SSSR count). The number of oxazole rings is 1. The van der Waals surface area contributed by atoms with Crippen molar-refractivity contribution in [1.29, 1.82) is 5.26 Å². The van der Waals surface area contributed by atoms with E-state index in [0.717, 1.165) is 26.3 Å². The monoisotopic (exact) mass is 340 g/mol. The average molecular weight is 340 g/mol. The van der Waals surface area contributed by atoms with Gasteiger partial charge in [0.1, 0.15) is 6.07 Å². The number of nitrogens with one attached hydrogen (secondary N) is 1. The smallest absolute Gasteiger partial charge is 0.232 e. The minimum atomic E-state index is 0.186. The van der Waals surface area contributed by atoms with E-state index in [1.807, 2.05) is 6.92 Å². The van der Waals surface area contributed by atoms with E-state index >= 15 is 0 Å². The Bertz CT molecular complexity index is 727. The minimum Gasteiger partial charge on any atom is -0.424 e. The molecule has 1 saturated heterocycles. The summed E-state index contributed by atoms with van der Waals surface area (Å²) < 4.78 is 11.1. The molecule has 1 fully saturated rings. The van der Waals surface area contributed by atoms with Crippen LogP contribution in [0.1, 0.15) is 35.7 Å². The lowest BCUT2D eigenvalue weighted by atomic mass is 10.0. The number of hydrogen-bond acceptors (Lipinski definition) is 6. The fourth-order valence-corrected chi connectivity index (χ4v) is 3.04. The standard InChI is InChI=1S/C19H24N4O2/c1-3-18-22-16(12-20)19(25-18)21-13-17(23-8-10-24-11-9-23)15-6-4-14(2)5-7-15/h4-7,17,21H,3,8-11,13H2,1-2H3/t17-/m1/s1. The van der Waals surface area contributed by atoms with Gasteiger partial charge in [-0.1, -0.05) is 36.8 Å². The van der Waals surface area contributed by atoms with Gasteiger partial charge in [-0.05, 0) is 12.5 Å². The lowest BCUT2D eigenvalue weighted by molar-refractivity contribution is 0.0186. The van der Waals surface area contributed by atoms with Gasteiger partial charge >= 0.3 is 0 Å². The van der Waals surface area contributed by atoms with E-state index in [9.17, 15) is 5.26 Å². The molecule has 0 unspecified atom stereocenters. The number of benzene rings is 1. The van der Waals surface area contributed by atoms with Gasteiger partial charge in [0.25, 0.3) is 0 Å². The van der Waals surface area contributed by atoms with E-state index in [4.69, 9.17) is 9.15 Å². The van der Waals surface area contributed by atoms with Crippen molar-refractivity contribution >= 4 is 5.88 Å². The number of nitrogens with zero attached hydrogens (tertiary/aromatic N) is 3. The van der Waals surface area contributed by atoms with Crippen LogP contribution < -0.4 is 5.32 Å². The first-order valence-corrected chi connectivity index (χ1v) is 8.73. The van der Waals surface area contributed by atoms with Gasteiger partial charge in [-0.2, -0.15) is 5.26 Å². The number of nitriles is 1. The van der Waals surface area contributed by atoms with Crippen LogP contribution in [0.15, 0.2) is 28.7 Å². The van der Waals surface area contributed by atoms with E-state index < -0.39 is 0 Å². The molecule has 1 atom stereocenters. The first kappa shape index (κ1) is 17.5. The maximum absolute atomic E-state index is 9.25. The van der Waals surface area contributed by atoms with Crippen LogP contribution in [-0.4, -0.2) is 42.7 Å². The molecule has 2 heterocycles. The van der Waals surface area contributed by atoms with E-state index in [1.165, 1.54) is 11.1 Å².